The summed E-state index contributed by atoms with van der Waals surface area (Å²) >= 11 is 7.19. The van der Waals surface area contributed by atoms with Gasteiger partial charge in [-0.3, -0.25) is 4.79 Å². The van der Waals surface area contributed by atoms with Crippen molar-refractivity contribution in [1.29, 1.82) is 0 Å². The van der Waals surface area contributed by atoms with E-state index in [0.29, 0.717) is 10.6 Å². The summed E-state index contributed by atoms with van der Waals surface area (Å²) in [5.41, 5.74) is 3.14. The Labute approximate surface area is 131 Å². The highest BCUT2D eigenvalue weighted by Crippen LogP contribution is 2.19. The van der Waals surface area contributed by atoms with Crippen LogP contribution in [0.3, 0.4) is 0 Å². The molecule has 0 aliphatic heterocycles. The molecule has 0 saturated carbocycles. The van der Waals surface area contributed by atoms with Crippen LogP contribution in [0.15, 0.2) is 58.5 Å². The lowest BCUT2D eigenvalue weighted by Crippen LogP contribution is -2.19. The van der Waals surface area contributed by atoms with Crippen LogP contribution in [0.25, 0.3) is 0 Å². The number of amides is 1. The van der Waals surface area contributed by atoms with E-state index in [1.165, 1.54) is 18.0 Å². The number of carbonyl (C=O) groups is 1. The average molecular weight is 321 g/mol. The van der Waals surface area contributed by atoms with E-state index in [1.54, 1.807) is 36.4 Å². The number of carbonyl (C=O) groups excluding carboxylic acids is 1. The molecule has 2 rings (SSSR count). The van der Waals surface area contributed by atoms with Crippen LogP contribution < -0.4 is 5.43 Å². The van der Waals surface area contributed by atoms with E-state index >= 15 is 0 Å². The number of hydrogen-bond donors (Lipinski definition) is 2. The number of benzene rings is 2. The maximum atomic E-state index is 11.6. The third-order valence-electron chi connectivity index (χ3n) is 2.46. The second-order valence-corrected chi connectivity index (χ2v) is 5.62. The molecule has 1 amide bonds. The number of thioether (sulfide) groups is 1. The number of phenolic OH excluding ortho intramolecular Hbond substituents is 1. The molecular formula is C15H13ClN2O2S. The Kier molecular flexibility index (Phi) is 5.66. The van der Waals surface area contributed by atoms with Gasteiger partial charge in [0.25, 0.3) is 0 Å². The van der Waals surface area contributed by atoms with Gasteiger partial charge in [0.05, 0.1) is 12.0 Å². The lowest BCUT2D eigenvalue weighted by molar-refractivity contribution is -0.118. The van der Waals surface area contributed by atoms with Crippen molar-refractivity contribution in [2.75, 3.05) is 5.75 Å². The predicted molar refractivity (Wildman–Crippen MR) is 86.0 cm³/mol. The molecule has 0 aromatic heterocycles. The summed E-state index contributed by atoms with van der Waals surface area (Å²) < 4.78 is 0. The molecule has 0 unspecified atom stereocenters. The van der Waals surface area contributed by atoms with Crippen LogP contribution in [0.1, 0.15) is 5.56 Å². The fraction of sp³-hybridized carbons (Fsp3) is 0.0667. The number of nitrogens with one attached hydrogen (secondary N) is 1. The van der Waals surface area contributed by atoms with Crippen LogP contribution in [0.2, 0.25) is 5.02 Å². The molecule has 0 fully saturated rings. The van der Waals surface area contributed by atoms with Gasteiger partial charge in [-0.2, -0.15) is 5.10 Å². The van der Waals surface area contributed by atoms with Gasteiger partial charge < -0.3 is 5.11 Å². The van der Waals surface area contributed by atoms with Crippen LogP contribution in [0, 0.1) is 0 Å². The van der Waals surface area contributed by atoms with E-state index in [1.807, 2.05) is 12.1 Å². The lowest BCUT2D eigenvalue weighted by atomic mass is 10.2. The molecule has 0 saturated heterocycles. The summed E-state index contributed by atoms with van der Waals surface area (Å²) in [4.78, 5) is 12.6. The largest absolute Gasteiger partial charge is 0.508 e. The fourth-order valence-electron chi connectivity index (χ4n) is 1.50. The normalized spacial score (nSPS) is 10.7. The van der Waals surface area contributed by atoms with Gasteiger partial charge in [-0.05, 0) is 42.0 Å². The highest BCUT2D eigenvalue weighted by atomic mass is 35.5. The zero-order valence-corrected chi connectivity index (χ0v) is 12.6. The number of hydrazone groups is 1. The maximum absolute atomic E-state index is 11.6. The zero-order valence-electron chi connectivity index (χ0n) is 11.0. The first-order valence-corrected chi connectivity index (χ1v) is 7.49. The van der Waals surface area contributed by atoms with E-state index in [0.717, 1.165) is 4.90 Å². The van der Waals surface area contributed by atoms with Crippen LogP contribution in [-0.4, -0.2) is 23.0 Å². The Morgan fingerprint density at radius 1 is 1.29 bits per heavy atom. The molecule has 6 heteroatoms. The van der Waals surface area contributed by atoms with Crippen LogP contribution in [0.5, 0.6) is 5.75 Å². The number of nitrogens with zero attached hydrogens (tertiary/aromatic N) is 1. The molecule has 0 radical (unpaired) electrons. The monoisotopic (exact) mass is 320 g/mol. The van der Waals surface area contributed by atoms with Crippen molar-refractivity contribution in [3.8, 4) is 5.75 Å². The van der Waals surface area contributed by atoms with Crippen molar-refractivity contribution in [1.82, 2.24) is 5.43 Å². The first-order chi connectivity index (χ1) is 10.1. The minimum atomic E-state index is -0.202. The Bertz CT molecular complexity index is 644. The molecule has 21 heavy (non-hydrogen) atoms. The number of rotatable bonds is 5. The number of phenols is 1. The van der Waals surface area contributed by atoms with Gasteiger partial charge >= 0.3 is 0 Å². The molecular weight excluding hydrogens is 308 g/mol. The van der Waals surface area contributed by atoms with Gasteiger partial charge in [0.15, 0.2) is 0 Å². The second-order valence-electron chi connectivity index (χ2n) is 4.13. The summed E-state index contributed by atoms with van der Waals surface area (Å²) in [6.07, 6.45) is 1.48. The first kappa shape index (κ1) is 15.4. The highest BCUT2D eigenvalue weighted by molar-refractivity contribution is 8.00. The first-order valence-electron chi connectivity index (χ1n) is 6.13. The molecule has 2 N–H and O–H groups in total. The van der Waals surface area contributed by atoms with E-state index in [4.69, 9.17) is 11.6 Å². The summed E-state index contributed by atoms with van der Waals surface area (Å²) in [5, 5.41) is 13.8. The van der Waals surface area contributed by atoms with Crippen molar-refractivity contribution in [2.45, 2.75) is 4.90 Å². The Morgan fingerprint density at radius 3 is 2.76 bits per heavy atom. The molecule has 108 valence electrons. The van der Waals surface area contributed by atoms with Crippen LogP contribution >= 0.6 is 23.4 Å². The van der Waals surface area contributed by atoms with Gasteiger partial charge in [-0.15, -0.1) is 11.8 Å². The molecule has 4 nitrogen and oxygen atoms in total. The highest BCUT2D eigenvalue weighted by Gasteiger charge is 2.01. The molecule has 0 atom stereocenters. The number of halogens is 1. The van der Waals surface area contributed by atoms with Crippen molar-refractivity contribution in [3.63, 3.8) is 0 Å². The Hall–Kier alpha value is -1.98. The Balaban J connectivity index is 1.78. The predicted octanol–water partition coefficient (Wildman–Crippen LogP) is 3.29. The molecule has 2 aromatic rings. The van der Waals surface area contributed by atoms with E-state index < -0.39 is 0 Å². The summed E-state index contributed by atoms with van der Waals surface area (Å²) in [6, 6.07) is 13.9. The summed E-state index contributed by atoms with van der Waals surface area (Å²) in [5.74, 6) is 0.217. The van der Waals surface area contributed by atoms with E-state index in [2.05, 4.69) is 10.5 Å². The lowest BCUT2D eigenvalue weighted by Gasteiger charge is -2.01. The maximum Gasteiger partial charge on any atom is 0.250 e. The topological polar surface area (TPSA) is 61.7 Å². The average Bonchev–Trinajstić information content (AvgIpc) is 2.47. The molecule has 0 aliphatic rings. The van der Waals surface area contributed by atoms with Crippen molar-refractivity contribution in [2.24, 2.45) is 5.10 Å². The molecule has 0 bridgehead atoms. The fourth-order valence-corrected chi connectivity index (χ4v) is 2.31. The van der Waals surface area contributed by atoms with Gasteiger partial charge in [-0.25, -0.2) is 5.43 Å². The molecule has 0 heterocycles. The molecule has 0 spiro atoms. The zero-order chi connectivity index (χ0) is 15.1. The Morgan fingerprint density at radius 2 is 2.05 bits per heavy atom. The third-order valence-corrected chi connectivity index (χ3v) is 3.72. The van der Waals surface area contributed by atoms with E-state index in [9.17, 15) is 9.90 Å². The third kappa shape index (κ3) is 5.49. The van der Waals surface area contributed by atoms with Crippen molar-refractivity contribution >= 4 is 35.5 Å². The van der Waals surface area contributed by atoms with Crippen molar-refractivity contribution in [3.05, 3.63) is 59.1 Å². The van der Waals surface area contributed by atoms with Crippen LogP contribution in [0.4, 0.5) is 0 Å². The number of hydrogen-bond acceptors (Lipinski definition) is 4. The standard InChI is InChI=1S/C15H13ClN2O2S/c16-12-4-6-14(7-5-12)21-10-15(20)18-17-9-11-2-1-3-13(19)8-11/h1-9,19H,10H2,(H,18,20)/b17-9-. The van der Waals surface area contributed by atoms with Gasteiger partial charge in [-0.1, -0.05) is 23.7 Å². The van der Waals surface area contributed by atoms with Gasteiger partial charge in [0.2, 0.25) is 5.91 Å². The molecule has 0 aliphatic carbocycles. The van der Waals surface area contributed by atoms with Crippen molar-refractivity contribution < 1.29 is 9.90 Å². The SMILES string of the molecule is O=C(CSc1ccc(Cl)cc1)N/N=C\c1cccc(O)c1. The van der Waals surface area contributed by atoms with E-state index in [-0.39, 0.29) is 17.4 Å². The van der Waals surface area contributed by atoms with Gasteiger partial charge in [0.1, 0.15) is 5.75 Å². The molecule has 2 aromatic carbocycles. The van der Waals surface area contributed by atoms with Crippen LogP contribution in [-0.2, 0) is 4.79 Å². The minimum Gasteiger partial charge on any atom is -0.508 e. The number of aromatic hydroxyl groups is 1. The van der Waals surface area contributed by atoms with Gasteiger partial charge in [0, 0.05) is 9.92 Å². The minimum absolute atomic E-state index is 0.156. The summed E-state index contributed by atoms with van der Waals surface area (Å²) in [6.45, 7) is 0. The smallest absolute Gasteiger partial charge is 0.250 e. The summed E-state index contributed by atoms with van der Waals surface area (Å²) in [7, 11) is 0. The second kappa shape index (κ2) is 7.71. The quantitative estimate of drug-likeness (QED) is 0.505.